The Hall–Kier alpha value is -3.28. The minimum Gasteiger partial charge on any atom is -0.349 e. The topological polar surface area (TPSA) is 84.0 Å². The lowest BCUT2D eigenvalue weighted by molar-refractivity contribution is 0.0937. The first-order chi connectivity index (χ1) is 13.2. The molecule has 136 valence electrons. The van der Waals surface area contributed by atoms with Gasteiger partial charge in [0.15, 0.2) is 0 Å². The van der Waals surface area contributed by atoms with Gasteiger partial charge in [-0.2, -0.15) is 0 Å². The second-order valence-corrected chi connectivity index (χ2v) is 6.72. The zero-order chi connectivity index (χ0) is 18.6. The molecule has 1 aromatic carbocycles. The quantitative estimate of drug-likeness (QED) is 0.745. The molecule has 4 rings (SSSR count). The van der Waals surface area contributed by atoms with E-state index in [0.717, 1.165) is 31.1 Å². The first-order valence-corrected chi connectivity index (χ1v) is 9.13. The van der Waals surface area contributed by atoms with Gasteiger partial charge in [0.05, 0.1) is 11.2 Å². The number of fused-ring (bicyclic) bond motifs is 1. The van der Waals surface area contributed by atoms with Crippen molar-refractivity contribution in [3.05, 3.63) is 66.1 Å². The summed E-state index contributed by atoms with van der Waals surface area (Å²) in [4.78, 5) is 33.5. The molecule has 1 aliphatic rings. The van der Waals surface area contributed by atoms with Gasteiger partial charge >= 0.3 is 0 Å². The molecule has 0 radical (unpaired) electrons. The normalized spacial score (nSPS) is 14.2. The smallest absolute Gasteiger partial charge is 0.274 e. The Morgan fingerprint density at radius 2 is 1.74 bits per heavy atom. The van der Waals surface area contributed by atoms with Gasteiger partial charge in [-0.05, 0) is 37.1 Å². The number of hydrogen-bond donors (Lipinski definition) is 2. The summed E-state index contributed by atoms with van der Waals surface area (Å²) in [6, 6.07) is 12.8. The van der Waals surface area contributed by atoms with Crippen LogP contribution in [0.1, 0.15) is 46.5 Å². The van der Waals surface area contributed by atoms with E-state index in [0.29, 0.717) is 16.8 Å². The molecule has 2 aromatic heterocycles. The summed E-state index contributed by atoms with van der Waals surface area (Å²) in [6.45, 7) is 0. The van der Waals surface area contributed by atoms with E-state index in [1.54, 1.807) is 18.3 Å². The third-order valence-electron chi connectivity index (χ3n) is 4.83. The van der Waals surface area contributed by atoms with Crippen LogP contribution in [-0.4, -0.2) is 27.8 Å². The van der Waals surface area contributed by atoms with Gasteiger partial charge in [0.2, 0.25) is 0 Å². The number of nitrogens with zero attached hydrogens (tertiary/aromatic N) is 2. The number of para-hydroxylation sites is 1. The lowest BCUT2D eigenvalue weighted by Crippen LogP contribution is -2.32. The molecule has 2 amide bonds. The van der Waals surface area contributed by atoms with E-state index < -0.39 is 0 Å². The van der Waals surface area contributed by atoms with Crippen LogP contribution in [0.4, 0.5) is 5.69 Å². The third kappa shape index (κ3) is 3.79. The Bertz CT molecular complexity index is 991. The number of nitrogens with one attached hydrogen (secondary N) is 2. The Labute approximate surface area is 157 Å². The van der Waals surface area contributed by atoms with E-state index >= 15 is 0 Å². The predicted molar refractivity (Wildman–Crippen MR) is 104 cm³/mol. The van der Waals surface area contributed by atoms with Gasteiger partial charge in [-0.3, -0.25) is 19.6 Å². The van der Waals surface area contributed by atoms with Crippen LogP contribution in [0.15, 0.2) is 54.9 Å². The molecule has 6 heteroatoms. The van der Waals surface area contributed by atoms with E-state index in [4.69, 9.17) is 0 Å². The van der Waals surface area contributed by atoms with Crippen LogP contribution in [0.5, 0.6) is 0 Å². The first kappa shape index (κ1) is 17.1. The highest BCUT2D eigenvalue weighted by atomic mass is 16.2. The van der Waals surface area contributed by atoms with E-state index in [-0.39, 0.29) is 23.6 Å². The molecular weight excluding hydrogens is 340 g/mol. The number of pyridine rings is 2. The minimum atomic E-state index is -0.372. The van der Waals surface area contributed by atoms with Crippen molar-refractivity contribution in [2.75, 3.05) is 5.32 Å². The molecule has 1 saturated carbocycles. The summed E-state index contributed by atoms with van der Waals surface area (Å²) in [5.41, 5.74) is 1.96. The molecule has 0 spiro atoms. The molecule has 2 heterocycles. The largest absolute Gasteiger partial charge is 0.349 e. The molecule has 3 aromatic rings. The van der Waals surface area contributed by atoms with Gasteiger partial charge in [0.1, 0.15) is 5.69 Å². The highest BCUT2D eigenvalue weighted by Gasteiger charge is 2.19. The van der Waals surface area contributed by atoms with E-state index in [1.807, 2.05) is 24.3 Å². The Morgan fingerprint density at radius 1 is 0.926 bits per heavy atom. The standard InChI is InChI=1S/C21H20N4O2/c26-20(24-16-7-1-2-8-16)15-10-12-22-18(13-15)21(27)25-17-9-3-5-14-6-4-11-23-19(14)17/h3-6,9-13,16H,1-2,7-8H2,(H,24,26)(H,25,27). The molecule has 0 unspecified atom stereocenters. The lowest BCUT2D eigenvalue weighted by Gasteiger charge is -2.12. The fourth-order valence-electron chi connectivity index (χ4n) is 3.43. The number of hydrogen-bond acceptors (Lipinski definition) is 4. The number of amides is 2. The molecule has 2 N–H and O–H groups in total. The summed E-state index contributed by atoms with van der Waals surface area (Å²) in [5, 5.41) is 6.81. The highest BCUT2D eigenvalue weighted by molar-refractivity contribution is 6.08. The monoisotopic (exact) mass is 360 g/mol. The van der Waals surface area contributed by atoms with Crippen molar-refractivity contribution < 1.29 is 9.59 Å². The van der Waals surface area contributed by atoms with Crippen molar-refractivity contribution in [3.63, 3.8) is 0 Å². The first-order valence-electron chi connectivity index (χ1n) is 9.13. The second kappa shape index (κ2) is 7.53. The molecular formula is C21H20N4O2. The van der Waals surface area contributed by atoms with Crippen molar-refractivity contribution in [2.45, 2.75) is 31.7 Å². The fraction of sp³-hybridized carbons (Fsp3) is 0.238. The van der Waals surface area contributed by atoms with Gasteiger partial charge in [-0.25, -0.2) is 0 Å². The van der Waals surface area contributed by atoms with Gasteiger partial charge in [-0.15, -0.1) is 0 Å². The maximum atomic E-state index is 12.6. The molecule has 0 bridgehead atoms. The summed E-state index contributed by atoms with van der Waals surface area (Å²) in [5.74, 6) is -0.533. The average Bonchev–Trinajstić information content (AvgIpc) is 3.21. The van der Waals surface area contributed by atoms with Crippen molar-refractivity contribution in [1.82, 2.24) is 15.3 Å². The van der Waals surface area contributed by atoms with Crippen LogP contribution in [0.2, 0.25) is 0 Å². The molecule has 0 saturated heterocycles. The summed E-state index contributed by atoms with van der Waals surface area (Å²) in [6.07, 6.45) is 7.49. The number of carbonyl (C=O) groups excluding carboxylic acids is 2. The van der Waals surface area contributed by atoms with Crippen LogP contribution in [0.3, 0.4) is 0 Å². The van der Waals surface area contributed by atoms with Gasteiger partial charge < -0.3 is 10.6 Å². The van der Waals surface area contributed by atoms with E-state index in [1.165, 1.54) is 12.3 Å². The Morgan fingerprint density at radius 3 is 2.59 bits per heavy atom. The lowest BCUT2D eigenvalue weighted by atomic mass is 10.1. The van der Waals surface area contributed by atoms with Crippen molar-refractivity contribution >= 4 is 28.4 Å². The number of rotatable bonds is 4. The third-order valence-corrected chi connectivity index (χ3v) is 4.83. The number of anilines is 1. The van der Waals surface area contributed by atoms with E-state index in [9.17, 15) is 9.59 Å². The Balaban J connectivity index is 1.52. The zero-order valence-electron chi connectivity index (χ0n) is 14.8. The van der Waals surface area contributed by atoms with Crippen molar-refractivity contribution in [1.29, 1.82) is 0 Å². The van der Waals surface area contributed by atoms with Crippen LogP contribution < -0.4 is 10.6 Å². The van der Waals surface area contributed by atoms with Crippen LogP contribution in [0, 0.1) is 0 Å². The number of benzene rings is 1. The number of aromatic nitrogens is 2. The van der Waals surface area contributed by atoms with E-state index in [2.05, 4.69) is 20.6 Å². The minimum absolute atomic E-state index is 0.162. The summed E-state index contributed by atoms with van der Waals surface area (Å²) in [7, 11) is 0. The molecule has 27 heavy (non-hydrogen) atoms. The SMILES string of the molecule is O=C(NC1CCCC1)c1ccnc(C(=O)Nc2cccc3cccnc23)c1. The predicted octanol–water partition coefficient (Wildman–Crippen LogP) is 3.55. The Kier molecular flexibility index (Phi) is 4.78. The highest BCUT2D eigenvalue weighted by Crippen LogP contribution is 2.21. The van der Waals surface area contributed by atoms with Crippen LogP contribution in [-0.2, 0) is 0 Å². The summed E-state index contributed by atoms with van der Waals surface area (Å²) >= 11 is 0. The molecule has 0 aliphatic heterocycles. The van der Waals surface area contributed by atoms with Crippen LogP contribution in [0.25, 0.3) is 10.9 Å². The van der Waals surface area contributed by atoms with Crippen molar-refractivity contribution in [2.24, 2.45) is 0 Å². The van der Waals surface area contributed by atoms with Crippen molar-refractivity contribution in [3.8, 4) is 0 Å². The van der Waals surface area contributed by atoms with Gasteiger partial charge in [0, 0.05) is 29.4 Å². The maximum Gasteiger partial charge on any atom is 0.274 e. The van der Waals surface area contributed by atoms with Gasteiger partial charge in [-0.1, -0.05) is 31.0 Å². The maximum absolute atomic E-state index is 12.6. The van der Waals surface area contributed by atoms with Gasteiger partial charge in [0.25, 0.3) is 11.8 Å². The average molecular weight is 360 g/mol. The molecule has 1 fully saturated rings. The second-order valence-electron chi connectivity index (χ2n) is 6.72. The fourth-order valence-corrected chi connectivity index (χ4v) is 3.43. The summed E-state index contributed by atoms with van der Waals surface area (Å²) < 4.78 is 0. The molecule has 6 nitrogen and oxygen atoms in total. The molecule has 0 atom stereocenters. The molecule has 1 aliphatic carbocycles. The number of carbonyl (C=O) groups is 2. The zero-order valence-corrected chi connectivity index (χ0v) is 14.8. The van der Waals surface area contributed by atoms with Crippen LogP contribution >= 0.6 is 0 Å².